The van der Waals surface area contributed by atoms with E-state index in [-0.39, 0.29) is 11.4 Å². The second-order valence-electron chi connectivity index (χ2n) is 5.33. The highest BCUT2D eigenvalue weighted by molar-refractivity contribution is 8.00. The second kappa shape index (κ2) is 5.58. The van der Waals surface area contributed by atoms with Gasteiger partial charge in [0.1, 0.15) is 0 Å². The summed E-state index contributed by atoms with van der Waals surface area (Å²) in [4.78, 5) is 12.8. The van der Waals surface area contributed by atoms with Gasteiger partial charge in [-0.1, -0.05) is 6.07 Å². The van der Waals surface area contributed by atoms with Crippen LogP contribution in [0.25, 0.3) is 0 Å². The molecule has 1 N–H and O–H groups in total. The van der Waals surface area contributed by atoms with Gasteiger partial charge in [-0.15, -0.1) is 11.8 Å². The van der Waals surface area contributed by atoms with E-state index in [0.29, 0.717) is 5.75 Å². The molecule has 1 aromatic rings. The Balaban J connectivity index is 2.50. The van der Waals surface area contributed by atoms with Gasteiger partial charge in [-0.05, 0) is 57.9 Å². The average molecular weight is 251 g/mol. The molecule has 1 rings (SSSR count). The van der Waals surface area contributed by atoms with E-state index in [2.05, 4.69) is 37.4 Å². The van der Waals surface area contributed by atoms with Crippen molar-refractivity contribution >= 4 is 17.7 Å². The number of rotatable bonds is 3. The van der Waals surface area contributed by atoms with E-state index in [4.69, 9.17) is 0 Å². The first-order valence-corrected chi connectivity index (χ1v) is 6.77. The zero-order valence-corrected chi connectivity index (χ0v) is 12.1. The van der Waals surface area contributed by atoms with Crippen molar-refractivity contribution in [3.8, 4) is 0 Å². The van der Waals surface area contributed by atoms with Gasteiger partial charge in [0.05, 0.1) is 5.75 Å². The average Bonchev–Trinajstić information content (AvgIpc) is 2.17. The van der Waals surface area contributed by atoms with Gasteiger partial charge in [-0.25, -0.2) is 0 Å². The molecule has 0 aromatic heterocycles. The Morgan fingerprint density at radius 3 is 2.41 bits per heavy atom. The number of hydrogen-bond donors (Lipinski definition) is 1. The van der Waals surface area contributed by atoms with E-state index in [9.17, 15) is 4.79 Å². The minimum atomic E-state index is -0.152. The molecule has 0 aliphatic rings. The molecule has 0 spiro atoms. The van der Waals surface area contributed by atoms with E-state index >= 15 is 0 Å². The molecule has 1 aromatic carbocycles. The van der Waals surface area contributed by atoms with Gasteiger partial charge in [0.15, 0.2) is 0 Å². The Labute approximate surface area is 108 Å². The smallest absolute Gasteiger partial charge is 0.230 e. The van der Waals surface area contributed by atoms with Crippen molar-refractivity contribution in [1.82, 2.24) is 5.32 Å². The lowest BCUT2D eigenvalue weighted by Gasteiger charge is -2.20. The van der Waals surface area contributed by atoms with Crippen LogP contribution in [0.15, 0.2) is 23.1 Å². The highest BCUT2D eigenvalue weighted by Gasteiger charge is 2.13. The van der Waals surface area contributed by atoms with Gasteiger partial charge in [0, 0.05) is 10.4 Å². The molecule has 0 bridgehead atoms. The van der Waals surface area contributed by atoms with Crippen LogP contribution >= 0.6 is 11.8 Å². The predicted octanol–water partition coefficient (Wildman–Crippen LogP) is 3.31. The van der Waals surface area contributed by atoms with Crippen LogP contribution in [0.3, 0.4) is 0 Å². The van der Waals surface area contributed by atoms with Crippen molar-refractivity contribution in [2.75, 3.05) is 5.75 Å². The Hall–Kier alpha value is -0.960. The minimum absolute atomic E-state index is 0.0840. The first-order valence-electron chi connectivity index (χ1n) is 5.79. The Kier molecular flexibility index (Phi) is 4.63. The number of thioether (sulfide) groups is 1. The zero-order valence-electron chi connectivity index (χ0n) is 11.3. The normalized spacial score (nSPS) is 11.4. The van der Waals surface area contributed by atoms with Crippen LogP contribution in [-0.4, -0.2) is 17.2 Å². The molecule has 0 fully saturated rings. The number of aryl methyl sites for hydroxylation is 2. The van der Waals surface area contributed by atoms with Crippen molar-refractivity contribution in [2.45, 2.75) is 45.1 Å². The quantitative estimate of drug-likeness (QED) is 0.835. The minimum Gasteiger partial charge on any atom is -0.351 e. The molecule has 2 nitrogen and oxygen atoms in total. The van der Waals surface area contributed by atoms with E-state index < -0.39 is 0 Å². The van der Waals surface area contributed by atoms with Crippen LogP contribution in [0.5, 0.6) is 0 Å². The SMILES string of the molecule is Cc1ccc(SCC(=O)NC(C)(C)C)cc1C. The third-order valence-corrected chi connectivity index (χ3v) is 3.36. The van der Waals surface area contributed by atoms with Crippen molar-refractivity contribution in [1.29, 1.82) is 0 Å². The Bertz CT molecular complexity index is 407. The van der Waals surface area contributed by atoms with Gasteiger partial charge < -0.3 is 5.32 Å². The van der Waals surface area contributed by atoms with Crippen molar-refractivity contribution in [2.24, 2.45) is 0 Å². The highest BCUT2D eigenvalue weighted by atomic mass is 32.2. The van der Waals surface area contributed by atoms with Gasteiger partial charge in [0.25, 0.3) is 0 Å². The predicted molar refractivity (Wildman–Crippen MR) is 74.5 cm³/mol. The van der Waals surface area contributed by atoms with E-state index in [1.807, 2.05) is 20.8 Å². The molecule has 0 heterocycles. The fourth-order valence-corrected chi connectivity index (χ4v) is 2.20. The van der Waals surface area contributed by atoms with Gasteiger partial charge in [-0.2, -0.15) is 0 Å². The molecule has 94 valence electrons. The number of amides is 1. The van der Waals surface area contributed by atoms with Crippen LogP contribution in [-0.2, 0) is 4.79 Å². The van der Waals surface area contributed by atoms with Crippen LogP contribution in [0, 0.1) is 13.8 Å². The molecule has 0 aliphatic carbocycles. The van der Waals surface area contributed by atoms with Crippen LogP contribution in [0.2, 0.25) is 0 Å². The first-order chi connectivity index (χ1) is 7.78. The number of benzene rings is 1. The first kappa shape index (κ1) is 14.1. The maximum atomic E-state index is 11.7. The molecule has 0 saturated carbocycles. The Morgan fingerprint density at radius 2 is 1.88 bits per heavy atom. The monoisotopic (exact) mass is 251 g/mol. The number of carbonyl (C=O) groups excluding carboxylic acids is 1. The van der Waals surface area contributed by atoms with E-state index in [1.54, 1.807) is 11.8 Å². The molecule has 0 aliphatic heterocycles. The summed E-state index contributed by atoms with van der Waals surface area (Å²) >= 11 is 1.58. The zero-order chi connectivity index (χ0) is 13.1. The molecule has 0 unspecified atom stereocenters. The summed E-state index contributed by atoms with van der Waals surface area (Å²) in [7, 11) is 0. The summed E-state index contributed by atoms with van der Waals surface area (Å²) in [6.45, 7) is 10.2. The number of carbonyl (C=O) groups is 1. The molecule has 0 saturated heterocycles. The second-order valence-corrected chi connectivity index (χ2v) is 6.38. The summed E-state index contributed by atoms with van der Waals surface area (Å²) in [6, 6.07) is 6.29. The number of hydrogen-bond acceptors (Lipinski definition) is 2. The summed E-state index contributed by atoms with van der Waals surface area (Å²) < 4.78 is 0. The Morgan fingerprint density at radius 1 is 1.24 bits per heavy atom. The molecule has 1 amide bonds. The molecule has 0 radical (unpaired) electrons. The maximum Gasteiger partial charge on any atom is 0.230 e. The lowest BCUT2D eigenvalue weighted by atomic mass is 10.1. The van der Waals surface area contributed by atoms with E-state index in [0.717, 1.165) is 4.90 Å². The van der Waals surface area contributed by atoms with Gasteiger partial charge >= 0.3 is 0 Å². The van der Waals surface area contributed by atoms with Crippen molar-refractivity contribution in [3.05, 3.63) is 29.3 Å². The summed E-state index contributed by atoms with van der Waals surface area (Å²) in [6.07, 6.45) is 0. The lowest BCUT2D eigenvalue weighted by Crippen LogP contribution is -2.41. The third kappa shape index (κ3) is 5.26. The van der Waals surface area contributed by atoms with Crippen LogP contribution in [0.1, 0.15) is 31.9 Å². The fourth-order valence-electron chi connectivity index (χ4n) is 1.41. The standard InChI is InChI=1S/C14H21NOS/c1-10-6-7-12(8-11(10)2)17-9-13(16)15-14(3,4)5/h6-8H,9H2,1-5H3,(H,15,16). The topological polar surface area (TPSA) is 29.1 Å². The van der Waals surface area contributed by atoms with Crippen LogP contribution < -0.4 is 5.32 Å². The van der Waals surface area contributed by atoms with E-state index in [1.165, 1.54) is 11.1 Å². The largest absolute Gasteiger partial charge is 0.351 e. The summed E-state index contributed by atoms with van der Waals surface area (Å²) in [5.74, 6) is 0.556. The van der Waals surface area contributed by atoms with Gasteiger partial charge in [0.2, 0.25) is 5.91 Å². The molecule has 0 atom stereocenters. The fraction of sp³-hybridized carbons (Fsp3) is 0.500. The van der Waals surface area contributed by atoms with Crippen molar-refractivity contribution < 1.29 is 4.79 Å². The summed E-state index contributed by atoms with van der Waals surface area (Å²) in [5, 5.41) is 2.96. The maximum absolute atomic E-state index is 11.7. The summed E-state index contributed by atoms with van der Waals surface area (Å²) in [5.41, 5.74) is 2.40. The highest BCUT2D eigenvalue weighted by Crippen LogP contribution is 2.20. The molecular weight excluding hydrogens is 230 g/mol. The van der Waals surface area contributed by atoms with Gasteiger partial charge in [-0.3, -0.25) is 4.79 Å². The molecule has 17 heavy (non-hydrogen) atoms. The van der Waals surface area contributed by atoms with Crippen molar-refractivity contribution in [3.63, 3.8) is 0 Å². The third-order valence-electron chi connectivity index (χ3n) is 2.36. The van der Waals surface area contributed by atoms with Crippen LogP contribution in [0.4, 0.5) is 0 Å². The molecule has 3 heteroatoms. The molecular formula is C14H21NOS. The number of nitrogens with one attached hydrogen (secondary N) is 1. The lowest BCUT2D eigenvalue weighted by molar-refractivity contribution is -0.119.